The second kappa shape index (κ2) is 7.90. The Labute approximate surface area is 146 Å². The molecule has 1 aromatic rings. The van der Waals surface area contributed by atoms with Crippen molar-refractivity contribution in [2.45, 2.75) is 23.8 Å². The Balaban J connectivity index is 1.52. The summed E-state index contributed by atoms with van der Waals surface area (Å²) >= 11 is 1.60. The highest BCUT2D eigenvalue weighted by atomic mass is 32.2. The van der Waals surface area contributed by atoms with Gasteiger partial charge in [0.1, 0.15) is 6.10 Å². The van der Waals surface area contributed by atoms with Gasteiger partial charge in [-0.1, -0.05) is 12.1 Å². The molecule has 7 heteroatoms. The van der Waals surface area contributed by atoms with E-state index < -0.39 is 0 Å². The summed E-state index contributed by atoms with van der Waals surface area (Å²) in [5, 5.41) is 2.97. The van der Waals surface area contributed by atoms with Crippen molar-refractivity contribution in [3.63, 3.8) is 0 Å². The fraction of sp³-hybridized carbons (Fsp3) is 0.529. The average molecular weight is 349 g/mol. The van der Waals surface area contributed by atoms with Crippen molar-refractivity contribution < 1.29 is 14.3 Å². The highest BCUT2D eigenvalue weighted by Crippen LogP contribution is 2.25. The van der Waals surface area contributed by atoms with Gasteiger partial charge in [0, 0.05) is 37.7 Å². The number of ether oxygens (including phenoxy) is 1. The summed E-state index contributed by atoms with van der Waals surface area (Å²) in [6.07, 6.45) is 3.47. The van der Waals surface area contributed by atoms with Crippen molar-refractivity contribution in [1.82, 2.24) is 9.80 Å². The Hall–Kier alpha value is -1.73. The van der Waals surface area contributed by atoms with Gasteiger partial charge in [-0.3, -0.25) is 4.79 Å². The minimum Gasteiger partial charge on any atom is -0.368 e. The van der Waals surface area contributed by atoms with E-state index in [2.05, 4.69) is 5.32 Å². The van der Waals surface area contributed by atoms with Crippen LogP contribution in [0, 0.1) is 0 Å². The molecule has 3 rings (SSSR count). The van der Waals surface area contributed by atoms with Gasteiger partial charge < -0.3 is 19.9 Å². The molecule has 1 atom stereocenters. The average Bonchev–Trinajstić information content (AvgIpc) is 3.16. The van der Waals surface area contributed by atoms with E-state index in [-0.39, 0.29) is 18.0 Å². The minimum atomic E-state index is -0.279. The van der Waals surface area contributed by atoms with Gasteiger partial charge in [0.05, 0.1) is 5.69 Å². The number of hydrogen-bond donors (Lipinski definition) is 1. The predicted molar refractivity (Wildman–Crippen MR) is 94.4 cm³/mol. The van der Waals surface area contributed by atoms with Gasteiger partial charge >= 0.3 is 6.03 Å². The van der Waals surface area contributed by atoms with Crippen LogP contribution in [0.15, 0.2) is 29.2 Å². The third kappa shape index (κ3) is 3.84. The van der Waals surface area contributed by atoms with Gasteiger partial charge in [0.25, 0.3) is 5.91 Å². The highest BCUT2D eigenvalue weighted by Gasteiger charge is 2.31. The molecule has 2 aliphatic rings. The molecule has 0 saturated carbocycles. The maximum atomic E-state index is 12.4. The van der Waals surface area contributed by atoms with Crippen molar-refractivity contribution >= 4 is 29.4 Å². The van der Waals surface area contributed by atoms with Gasteiger partial charge in [0.2, 0.25) is 0 Å². The number of anilines is 1. The number of nitrogens with zero attached hydrogens (tertiary/aromatic N) is 2. The Bertz CT molecular complexity index is 596. The van der Waals surface area contributed by atoms with Crippen molar-refractivity contribution in [2.75, 3.05) is 44.4 Å². The summed E-state index contributed by atoms with van der Waals surface area (Å²) in [7, 11) is 0. The molecule has 1 N–H and O–H groups in total. The molecule has 2 saturated heterocycles. The number of nitrogens with one attached hydrogen (secondary N) is 1. The third-order valence-corrected chi connectivity index (χ3v) is 5.23. The normalized spacial score (nSPS) is 21.0. The van der Waals surface area contributed by atoms with Crippen LogP contribution in [0.5, 0.6) is 0 Å². The Morgan fingerprint density at radius 3 is 2.54 bits per heavy atom. The first-order chi connectivity index (χ1) is 11.7. The van der Waals surface area contributed by atoms with Crippen LogP contribution in [-0.4, -0.2) is 66.9 Å². The van der Waals surface area contributed by atoms with Gasteiger partial charge in [-0.05, 0) is 31.2 Å². The molecule has 2 aliphatic heterocycles. The molecular weight excluding hydrogens is 326 g/mol. The zero-order valence-corrected chi connectivity index (χ0v) is 14.7. The molecule has 6 nitrogen and oxygen atoms in total. The topological polar surface area (TPSA) is 61.9 Å². The van der Waals surface area contributed by atoms with Crippen LogP contribution >= 0.6 is 11.8 Å². The molecule has 2 heterocycles. The lowest BCUT2D eigenvalue weighted by atomic mass is 10.2. The summed E-state index contributed by atoms with van der Waals surface area (Å²) in [5.41, 5.74) is 0.827. The number of amides is 3. The van der Waals surface area contributed by atoms with Crippen LogP contribution in [0.2, 0.25) is 0 Å². The second-order valence-corrected chi connectivity index (χ2v) is 6.79. The van der Waals surface area contributed by atoms with Crippen LogP contribution in [0.4, 0.5) is 10.5 Å². The monoisotopic (exact) mass is 349 g/mol. The highest BCUT2D eigenvalue weighted by molar-refractivity contribution is 7.98. The van der Waals surface area contributed by atoms with E-state index in [0.717, 1.165) is 23.4 Å². The zero-order chi connectivity index (χ0) is 16.9. The number of piperazine rings is 1. The van der Waals surface area contributed by atoms with E-state index in [1.165, 1.54) is 0 Å². The van der Waals surface area contributed by atoms with Crippen LogP contribution < -0.4 is 5.32 Å². The molecule has 24 heavy (non-hydrogen) atoms. The first-order valence-electron chi connectivity index (χ1n) is 8.28. The smallest absolute Gasteiger partial charge is 0.321 e. The number of hydrogen-bond acceptors (Lipinski definition) is 4. The molecule has 0 spiro atoms. The van der Waals surface area contributed by atoms with Crippen LogP contribution in [-0.2, 0) is 9.53 Å². The molecular formula is C17H23N3O3S. The van der Waals surface area contributed by atoms with Gasteiger partial charge in [-0.25, -0.2) is 4.79 Å². The van der Waals surface area contributed by atoms with E-state index >= 15 is 0 Å². The standard InChI is InChI=1S/C17H23N3O3S/c1-24-15-7-3-2-5-13(15)18-17(22)20-10-8-19(9-11-20)16(21)14-6-4-12-23-14/h2-3,5,7,14H,4,6,8-12H2,1H3,(H,18,22). The Morgan fingerprint density at radius 2 is 1.88 bits per heavy atom. The fourth-order valence-electron chi connectivity index (χ4n) is 3.05. The molecule has 0 aromatic heterocycles. The molecule has 0 aliphatic carbocycles. The molecule has 1 unspecified atom stereocenters. The fourth-order valence-corrected chi connectivity index (χ4v) is 3.60. The molecule has 130 valence electrons. The maximum absolute atomic E-state index is 12.4. The number of para-hydroxylation sites is 1. The van der Waals surface area contributed by atoms with E-state index in [1.807, 2.05) is 35.4 Å². The van der Waals surface area contributed by atoms with Crippen molar-refractivity contribution in [3.8, 4) is 0 Å². The summed E-state index contributed by atoms with van der Waals surface area (Å²) in [4.78, 5) is 29.4. The third-order valence-electron chi connectivity index (χ3n) is 4.43. The van der Waals surface area contributed by atoms with E-state index in [9.17, 15) is 9.59 Å². The summed E-state index contributed by atoms with van der Waals surface area (Å²) in [5.74, 6) is 0.0697. The SMILES string of the molecule is CSc1ccccc1NC(=O)N1CCN(C(=O)C2CCCO2)CC1. The second-order valence-electron chi connectivity index (χ2n) is 5.94. The lowest BCUT2D eigenvalue weighted by Gasteiger charge is -2.35. The Kier molecular flexibility index (Phi) is 5.63. The van der Waals surface area contributed by atoms with Crippen molar-refractivity contribution in [3.05, 3.63) is 24.3 Å². The van der Waals surface area contributed by atoms with E-state index in [0.29, 0.717) is 32.8 Å². The molecule has 0 bridgehead atoms. The number of rotatable bonds is 3. The quantitative estimate of drug-likeness (QED) is 0.851. The summed E-state index contributed by atoms with van der Waals surface area (Å²) in [6, 6.07) is 7.64. The van der Waals surface area contributed by atoms with Gasteiger partial charge in [0.15, 0.2) is 0 Å². The number of thioether (sulfide) groups is 1. The summed E-state index contributed by atoms with van der Waals surface area (Å²) in [6.45, 7) is 2.90. The van der Waals surface area contributed by atoms with E-state index in [4.69, 9.17) is 4.74 Å². The van der Waals surface area contributed by atoms with Crippen LogP contribution in [0.25, 0.3) is 0 Å². The first-order valence-corrected chi connectivity index (χ1v) is 9.51. The van der Waals surface area contributed by atoms with Gasteiger partial charge in [-0.2, -0.15) is 0 Å². The Morgan fingerprint density at radius 1 is 1.17 bits per heavy atom. The minimum absolute atomic E-state index is 0.0697. The lowest BCUT2D eigenvalue weighted by Crippen LogP contribution is -2.53. The number of urea groups is 1. The molecule has 0 radical (unpaired) electrons. The van der Waals surface area contributed by atoms with Crippen LogP contribution in [0.1, 0.15) is 12.8 Å². The maximum Gasteiger partial charge on any atom is 0.321 e. The zero-order valence-electron chi connectivity index (χ0n) is 13.9. The lowest BCUT2D eigenvalue weighted by molar-refractivity contribution is -0.142. The number of benzene rings is 1. The number of carbonyl (C=O) groups is 2. The molecule has 1 aromatic carbocycles. The van der Waals surface area contributed by atoms with E-state index in [1.54, 1.807) is 16.7 Å². The molecule has 3 amide bonds. The predicted octanol–water partition coefficient (Wildman–Crippen LogP) is 2.26. The van der Waals surface area contributed by atoms with Crippen molar-refractivity contribution in [1.29, 1.82) is 0 Å². The molecule has 2 fully saturated rings. The summed E-state index contributed by atoms with van der Waals surface area (Å²) < 4.78 is 5.46. The largest absolute Gasteiger partial charge is 0.368 e. The first kappa shape index (κ1) is 17.1. The van der Waals surface area contributed by atoms with Crippen LogP contribution in [0.3, 0.4) is 0 Å². The van der Waals surface area contributed by atoms with Crippen molar-refractivity contribution in [2.24, 2.45) is 0 Å². The number of carbonyl (C=O) groups excluding carboxylic acids is 2. The van der Waals surface area contributed by atoms with Gasteiger partial charge in [-0.15, -0.1) is 11.8 Å².